The molecule has 0 amide bonds. The minimum absolute atomic E-state index is 0.685. The second-order valence-electron chi connectivity index (χ2n) is 2.79. The number of benzene rings is 1. The quantitative estimate of drug-likeness (QED) is 0.674. The molecule has 0 aliphatic rings. The van der Waals surface area contributed by atoms with Gasteiger partial charge in [-0.15, -0.1) is 0 Å². The van der Waals surface area contributed by atoms with Crippen LogP contribution in [-0.2, 0) is 0 Å². The Bertz CT molecular complexity index is 271. The standard InChI is InChI=1S/C9H14N2O/c1-11(2)7-5-4-6-8(12-3)9(7)10/h4-6H,10H2,1-3H3. The van der Waals surface area contributed by atoms with E-state index in [0.29, 0.717) is 5.69 Å². The first-order valence-electron chi connectivity index (χ1n) is 3.76. The number of ether oxygens (including phenoxy) is 1. The van der Waals surface area contributed by atoms with Gasteiger partial charge in [0.05, 0.1) is 18.5 Å². The first-order valence-corrected chi connectivity index (χ1v) is 3.76. The van der Waals surface area contributed by atoms with E-state index in [-0.39, 0.29) is 0 Å². The average Bonchev–Trinajstić information content (AvgIpc) is 2.04. The van der Waals surface area contributed by atoms with Gasteiger partial charge in [-0.05, 0) is 12.1 Å². The van der Waals surface area contributed by atoms with Crippen molar-refractivity contribution >= 4 is 11.4 Å². The van der Waals surface area contributed by atoms with E-state index >= 15 is 0 Å². The SMILES string of the molecule is COc1cccc(N(C)C)c1N. The van der Waals surface area contributed by atoms with Crippen LogP contribution in [0.2, 0.25) is 0 Å². The molecule has 0 aliphatic heterocycles. The lowest BCUT2D eigenvalue weighted by molar-refractivity contribution is 0.417. The van der Waals surface area contributed by atoms with Crippen molar-refractivity contribution in [1.29, 1.82) is 0 Å². The zero-order chi connectivity index (χ0) is 9.14. The van der Waals surface area contributed by atoms with Crippen LogP contribution in [0.3, 0.4) is 0 Å². The van der Waals surface area contributed by atoms with Gasteiger partial charge in [-0.3, -0.25) is 0 Å². The first-order chi connectivity index (χ1) is 5.66. The second-order valence-corrected chi connectivity index (χ2v) is 2.79. The molecule has 3 heteroatoms. The molecule has 1 aromatic carbocycles. The third-order valence-electron chi connectivity index (χ3n) is 1.74. The van der Waals surface area contributed by atoms with Gasteiger partial charge in [0.2, 0.25) is 0 Å². The predicted molar refractivity (Wildman–Crippen MR) is 51.7 cm³/mol. The maximum atomic E-state index is 5.83. The van der Waals surface area contributed by atoms with Crippen LogP contribution in [0.25, 0.3) is 0 Å². The highest BCUT2D eigenvalue weighted by molar-refractivity contribution is 5.73. The molecule has 0 saturated heterocycles. The highest BCUT2D eigenvalue weighted by Gasteiger charge is 2.05. The summed E-state index contributed by atoms with van der Waals surface area (Å²) in [5, 5.41) is 0. The van der Waals surface area contributed by atoms with Gasteiger partial charge < -0.3 is 15.4 Å². The number of anilines is 2. The predicted octanol–water partition coefficient (Wildman–Crippen LogP) is 1.34. The number of para-hydroxylation sites is 1. The smallest absolute Gasteiger partial charge is 0.143 e. The van der Waals surface area contributed by atoms with Crippen LogP contribution in [0.15, 0.2) is 18.2 Å². The van der Waals surface area contributed by atoms with Crippen LogP contribution in [0.4, 0.5) is 11.4 Å². The lowest BCUT2D eigenvalue weighted by Crippen LogP contribution is -2.11. The van der Waals surface area contributed by atoms with Crippen LogP contribution in [0.1, 0.15) is 0 Å². The minimum Gasteiger partial charge on any atom is -0.495 e. The van der Waals surface area contributed by atoms with Gasteiger partial charge >= 0.3 is 0 Å². The van der Waals surface area contributed by atoms with Crippen molar-refractivity contribution in [2.24, 2.45) is 0 Å². The minimum atomic E-state index is 0.685. The molecule has 2 N–H and O–H groups in total. The summed E-state index contributed by atoms with van der Waals surface area (Å²) in [6.45, 7) is 0. The normalized spacial score (nSPS) is 9.58. The maximum absolute atomic E-state index is 5.83. The lowest BCUT2D eigenvalue weighted by atomic mass is 10.2. The van der Waals surface area contributed by atoms with E-state index in [1.54, 1.807) is 7.11 Å². The van der Waals surface area contributed by atoms with Crippen LogP contribution >= 0.6 is 0 Å². The Labute approximate surface area is 72.7 Å². The number of nitrogens with zero attached hydrogens (tertiary/aromatic N) is 1. The van der Waals surface area contributed by atoms with Crippen molar-refractivity contribution in [3.63, 3.8) is 0 Å². The van der Waals surface area contributed by atoms with Gasteiger partial charge in [0, 0.05) is 14.1 Å². The van der Waals surface area contributed by atoms with Gasteiger partial charge in [0.25, 0.3) is 0 Å². The summed E-state index contributed by atoms with van der Waals surface area (Å²) in [6.07, 6.45) is 0. The Morgan fingerprint density at radius 1 is 1.33 bits per heavy atom. The molecule has 1 aromatic rings. The summed E-state index contributed by atoms with van der Waals surface area (Å²) in [5.74, 6) is 0.723. The third kappa shape index (κ3) is 1.44. The molecule has 0 aromatic heterocycles. The molecule has 0 saturated carbocycles. The Hall–Kier alpha value is -1.38. The number of rotatable bonds is 2. The fourth-order valence-electron chi connectivity index (χ4n) is 1.10. The highest BCUT2D eigenvalue weighted by Crippen LogP contribution is 2.30. The lowest BCUT2D eigenvalue weighted by Gasteiger charge is -2.16. The molecule has 0 radical (unpaired) electrons. The topological polar surface area (TPSA) is 38.5 Å². The molecule has 0 heterocycles. The number of nitrogens with two attached hydrogens (primary N) is 1. The molecule has 0 spiro atoms. The Kier molecular flexibility index (Phi) is 2.43. The number of hydrogen-bond acceptors (Lipinski definition) is 3. The molecule has 0 bridgehead atoms. The third-order valence-corrected chi connectivity index (χ3v) is 1.74. The van der Waals surface area contributed by atoms with Gasteiger partial charge in [-0.25, -0.2) is 0 Å². The fraction of sp³-hybridized carbons (Fsp3) is 0.333. The van der Waals surface area contributed by atoms with E-state index in [9.17, 15) is 0 Å². The van der Waals surface area contributed by atoms with E-state index < -0.39 is 0 Å². The molecule has 1 rings (SSSR count). The summed E-state index contributed by atoms with van der Waals surface area (Å²) in [7, 11) is 5.52. The largest absolute Gasteiger partial charge is 0.495 e. The van der Waals surface area contributed by atoms with Gasteiger partial charge in [-0.2, -0.15) is 0 Å². The zero-order valence-electron chi connectivity index (χ0n) is 7.66. The van der Waals surface area contributed by atoms with Crippen LogP contribution < -0.4 is 15.4 Å². The molecule has 0 aliphatic carbocycles. The molecular formula is C9H14N2O. The Morgan fingerprint density at radius 3 is 2.50 bits per heavy atom. The monoisotopic (exact) mass is 166 g/mol. The second kappa shape index (κ2) is 3.34. The Balaban J connectivity index is 3.14. The average molecular weight is 166 g/mol. The van der Waals surface area contributed by atoms with Crippen molar-refractivity contribution in [3.8, 4) is 5.75 Å². The molecule has 12 heavy (non-hydrogen) atoms. The van der Waals surface area contributed by atoms with E-state index in [2.05, 4.69) is 0 Å². The molecule has 0 unspecified atom stereocenters. The van der Waals surface area contributed by atoms with Crippen molar-refractivity contribution < 1.29 is 4.74 Å². The molecule has 3 nitrogen and oxygen atoms in total. The molecular weight excluding hydrogens is 152 g/mol. The van der Waals surface area contributed by atoms with E-state index in [0.717, 1.165) is 11.4 Å². The van der Waals surface area contributed by atoms with Gasteiger partial charge in [-0.1, -0.05) is 6.07 Å². The summed E-state index contributed by atoms with van der Waals surface area (Å²) in [6, 6.07) is 5.73. The zero-order valence-corrected chi connectivity index (χ0v) is 7.66. The van der Waals surface area contributed by atoms with Crippen molar-refractivity contribution in [2.75, 3.05) is 31.8 Å². The van der Waals surface area contributed by atoms with Crippen LogP contribution in [0.5, 0.6) is 5.75 Å². The van der Waals surface area contributed by atoms with E-state index in [1.807, 2.05) is 37.2 Å². The number of nitrogen functional groups attached to an aromatic ring is 1. The summed E-state index contributed by atoms with van der Waals surface area (Å²) >= 11 is 0. The van der Waals surface area contributed by atoms with Crippen LogP contribution in [0, 0.1) is 0 Å². The van der Waals surface area contributed by atoms with Crippen molar-refractivity contribution in [1.82, 2.24) is 0 Å². The fourth-order valence-corrected chi connectivity index (χ4v) is 1.10. The van der Waals surface area contributed by atoms with Crippen molar-refractivity contribution in [2.45, 2.75) is 0 Å². The highest BCUT2D eigenvalue weighted by atomic mass is 16.5. The molecule has 0 atom stereocenters. The molecule has 0 fully saturated rings. The summed E-state index contributed by atoms with van der Waals surface area (Å²) in [4.78, 5) is 1.96. The molecule has 66 valence electrons. The Morgan fingerprint density at radius 2 is 2.00 bits per heavy atom. The van der Waals surface area contributed by atoms with Crippen molar-refractivity contribution in [3.05, 3.63) is 18.2 Å². The van der Waals surface area contributed by atoms with Gasteiger partial charge in [0.1, 0.15) is 5.75 Å². The number of hydrogen-bond donors (Lipinski definition) is 1. The number of methoxy groups -OCH3 is 1. The van der Waals surface area contributed by atoms with Gasteiger partial charge in [0.15, 0.2) is 0 Å². The van der Waals surface area contributed by atoms with E-state index in [1.165, 1.54) is 0 Å². The van der Waals surface area contributed by atoms with Crippen LogP contribution in [-0.4, -0.2) is 21.2 Å². The first kappa shape index (κ1) is 8.71. The summed E-state index contributed by atoms with van der Waals surface area (Å²) < 4.78 is 5.08. The maximum Gasteiger partial charge on any atom is 0.143 e. The van der Waals surface area contributed by atoms with E-state index in [4.69, 9.17) is 10.5 Å². The summed E-state index contributed by atoms with van der Waals surface area (Å²) in [5.41, 5.74) is 7.49.